The van der Waals surface area contributed by atoms with Crippen LogP contribution < -0.4 is 15.2 Å². The summed E-state index contributed by atoms with van der Waals surface area (Å²) >= 11 is 0. The summed E-state index contributed by atoms with van der Waals surface area (Å²) in [5, 5.41) is 8.51. The average molecular weight is 190 g/mol. The summed E-state index contributed by atoms with van der Waals surface area (Å²) in [7, 11) is 0. The van der Waals surface area contributed by atoms with Crippen molar-refractivity contribution in [1.29, 1.82) is 5.26 Å². The van der Waals surface area contributed by atoms with Gasteiger partial charge in [0.1, 0.15) is 0 Å². The van der Waals surface area contributed by atoms with E-state index in [1.165, 1.54) is 0 Å². The minimum absolute atomic E-state index is 0.255. The Hall–Kier alpha value is -1.73. The Labute approximate surface area is 81.8 Å². The van der Waals surface area contributed by atoms with Gasteiger partial charge in [-0.15, -0.1) is 0 Å². The molecule has 0 amide bonds. The maximum absolute atomic E-state index is 8.51. The Bertz CT molecular complexity index is 384. The molecule has 1 aliphatic rings. The molecule has 1 aromatic carbocycles. The van der Waals surface area contributed by atoms with Crippen LogP contribution in [-0.2, 0) is 0 Å². The molecule has 4 heteroatoms. The SMILES string of the molecule is N#CC[C@@H](N)c1ccc2c(c1)OCO2. The Morgan fingerprint density at radius 1 is 1.43 bits per heavy atom. The van der Waals surface area contributed by atoms with E-state index in [0.717, 1.165) is 11.3 Å². The van der Waals surface area contributed by atoms with E-state index in [9.17, 15) is 0 Å². The Morgan fingerprint density at radius 3 is 3.00 bits per heavy atom. The summed E-state index contributed by atoms with van der Waals surface area (Å²) in [4.78, 5) is 0. The van der Waals surface area contributed by atoms with E-state index in [2.05, 4.69) is 0 Å². The van der Waals surface area contributed by atoms with Crippen LogP contribution in [0.5, 0.6) is 11.5 Å². The minimum atomic E-state index is -0.255. The molecule has 1 aromatic rings. The standard InChI is InChI=1S/C10H10N2O2/c11-4-3-8(12)7-1-2-9-10(5-7)14-6-13-9/h1-2,5,8H,3,6,12H2/t8-/m1/s1. The summed E-state index contributed by atoms with van der Waals surface area (Å²) in [6, 6.07) is 7.28. The molecule has 72 valence electrons. The van der Waals surface area contributed by atoms with Gasteiger partial charge in [0, 0.05) is 6.04 Å². The number of hydrogen-bond acceptors (Lipinski definition) is 4. The van der Waals surface area contributed by atoms with Crippen molar-refractivity contribution in [2.45, 2.75) is 12.5 Å². The first kappa shape index (κ1) is 8.85. The van der Waals surface area contributed by atoms with Crippen molar-refractivity contribution < 1.29 is 9.47 Å². The fourth-order valence-corrected chi connectivity index (χ4v) is 1.36. The van der Waals surface area contributed by atoms with E-state index in [4.69, 9.17) is 20.5 Å². The second-order valence-electron chi connectivity index (χ2n) is 3.08. The van der Waals surface area contributed by atoms with Crippen LogP contribution in [0.3, 0.4) is 0 Å². The zero-order valence-electron chi connectivity index (χ0n) is 7.56. The molecule has 0 bridgehead atoms. The van der Waals surface area contributed by atoms with Crippen molar-refractivity contribution in [3.05, 3.63) is 23.8 Å². The number of nitrogens with zero attached hydrogens (tertiary/aromatic N) is 1. The number of nitriles is 1. The number of hydrogen-bond donors (Lipinski definition) is 1. The molecule has 0 fully saturated rings. The molecule has 0 aliphatic carbocycles. The summed E-state index contributed by atoms with van der Waals surface area (Å²) in [6.07, 6.45) is 0.305. The van der Waals surface area contributed by atoms with Crippen LogP contribution in [0, 0.1) is 11.3 Å². The van der Waals surface area contributed by atoms with Crippen molar-refractivity contribution in [3.63, 3.8) is 0 Å². The number of fused-ring (bicyclic) bond motifs is 1. The fraction of sp³-hybridized carbons (Fsp3) is 0.300. The lowest BCUT2D eigenvalue weighted by molar-refractivity contribution is 0.174. The molecule has 1 atom stereocenters. The van der Waals surface area contributed by atoms with Crippen LogP contribution in [0.2, 0.25) is 0 Å². The topological polar surface area (TPSA) is 68.3 Å². The molecule has 0 saturated carbocycles. The predicted octanol–water partition coefficient (Wildman–Crippen LogP) is 1.33. The van der Waals surface area contributed by atoms with Gasteiger partial charge in [-0.2, -0.15) is 5.26 Å². The second kappa shape index (κ2) is 3.56. The number of ether oxygens (including phenoxy) is 2. The van der Waals surface area contributed by atoms with Gasteiger partial charge in [-0.05, 0) is 17.7 Å². The quantitative estimate of drug-likeness (QED) is 0.763. The van der Waals surface area contributed by atoms with E-state index in [1.807, 2.05) is 24.3 Å². The first-order valence-corrected chi connectivity index (χ1v) is 4.33. The van der Waals surface area contributed by atoms with Gasteiger partial charge < -0.3 is 15.2 Å². The summed E-state index contributed by atoms with van der Waals surface area (Å²) in [5.74, 6) is 1.44. The van der Waals surface area contributed by atoms with Gasteiger partial charge in [0.15, 0.2) is 11.5 Å². The van der Waals surface area contributed by atoms with Gasteiger partial charge in [-0.1, -0.05) is 6.07 Å². The van der Waals surface area contributed by atoms with Gasteiger partial charge in [0.2, 0.25) is 6.79 Å². The normalized spacial score (nSPS) is 14.9. The third-order valence-electron chi connectivity index (χ3n) is 2.14. The van der Waals surface area contributed by atoms with E-state index < -0.39 is 0 Å². The lowest BCUT2D eigenvalue weighted by Gasteiger charge is -2.07. The zero-order valence-corrected chi connectivity index (χ0v) is 7.56. The van der Waals surface area contributed by atoms with Crippen molar-refractivity contribution >= 4 is 0 Å². The average Bonchev–Trinajstić information content (AvgIpc) is 2.64. The third-order valence-corrected chi connectivity index (χ3v) is 2.14. The minimum Gasteiger partial charge on any atom is -0.454 e. The molecule has 0 radical (unpaired) electrons. The van der Waals surface area contributed by atoms with Gasteiger partial charge in [-0.25, -0.2) is 0 Å². The Kier molecular flexibility index (Phi) is 2.25. The molecule has 2 rings (SSSR count). The van der Waals surface area contributed by atoms with E-state index in [-0.39, 0.29) is 12.8 Å². The van der Waals surface area contributed by atoms with Gasteiger partial charge in [0.05, 0.1) is 12.5 Å². The first-order chi connectivity index (χ1) is 6.81. The maximum Gasteiger partial charge on any atom is 0.231 e. The lowest BCUT2D eigenvalue weighted by atomic mass is 10.1. The molecule has 4 nitrogen and oxygen atoms in total. The predicted molar refractivity (Wildman–Crippen MR) is 49.7 cm³/mol. The van der Waals surface area contributed by atoms with Crippen molar-refractivity contribution in [3.8, 4) is 17.6 Å². The van der Waals surface area contributed by atoms with Crippen LogP contribution in [0.1, 0.15) is 18.0 Å². The molecule has 1 aliphatic heterocycles. The molecule has 0 aromatic heterocycles. The first-order valence-electron chi connectivity index (χ1n) is 4.33. The van der Waals surface area contributed by atoms with Crippen LogP contribution in [0.4, 0.5) is 0 Å². The van der Waals surface area contributed by atoms with Crippen LogP contribution in [0.15, 0.2) is 18.2 Å². The second-order valence-corrected chi connectivity index (χ2v) is 3.08. The number of benzene rings is 1. The summed E-state index contributed by atoms with van der Waals surface area (Å²) < 4.78 is 10.4. The van der Waals surface area contributed by atoms with Gasteiger partial charge in [0.25, 0.3) is 0 Å². The molecule has 0 unspecified atom stereocenters. The number of rotatable bonds is 2. The number of nitrogens with two attached hydrogens (primary N) is 1. The van der Waals surface area contributed by atoms with Gasteiger partial charge >= 0.3 is 0 Å². The molecule has 0 saturated heterocycles. The van der Waals surface area contributed by atoms with E-state index >= 15 is 0 Å². The smallest absolute Gasteiger partial charge is 0.231 e. The lowest BCUT2D eigenvalue weighted by Crippen LogP contribution is -2.08. The third kappa shape index (κ3) is 1.50. The highest BCUT2D eigenvalue weighted by atomic mass is 16.7. The van der Waals surface area contributed by atoms with Crippen LogP contribution in [-0.4, -0.2) is 6.79 Å². The summed E-state index contributed by atoms with van der Waals surface area (Å²) in [6.45, 7) is 0.256. The highest BCUT2D eigenvalue weighted by molar-refractivity contribution is 5.45. The molecule has 1 heterocycles. The van der Waals surface area contributed by atoms with E-state index in [0.29, 0.717) is 12.2 Å². The highest BCUT2D eigenvalue weighted by Crippen LogP contribution is 2.34. The molecular weight excluding hydrogens is 180 g/mol. The summed E-state index contributed by atoms with van der Waals surface area (Å²) in [5.41, 5.74) is 6.68. The molecular formula is C10H10N2O2. The van der Waals surface area contributed by atoms with Crippen LogP contribution in [0.25, 0.3) is 0 Å². The Morgan fingerprint density at radius 2 is 2.21 bits per heavy atom. The van der Waals surface area contributed by atoms with E-state index in [1.54, 1.807) is 0 Å². The van der Waals surface area contributed by atoms with Crippen molar-refractivity contribution in [2.75, 3.05) is 6.79 Å². The van der Waals surface area contributed by atoms with Crippen molar-refractivity contribution in [1.82, 2.24) is 0 Å². The largest absolute Gasteiger partial charge is 0.454 e. The molecule has 14 heavy (non-hydrogen) atoms. The Balaban J connectivity index is 2.25. The highest BCUT2D eigenvalue weighted by Gasteiger charge is 2.15. The van der Waals surface area contributed by atoms with Crippen LogP contribution >= 0.6 is 0 Å². The molecule has 0 spiro atoms. The zero-order chi connectivity index (χ0) is 9.97. The van der Waals surface area contributed by atoms with Crippen molar-refractivity contribution in [2.24, 2.45) is 5.73 Å². The fourth-order valence-electron chi connectivity index (χ4n) is 1.36. The van der Waals surface area contributed by atoms with Gasteiger partial charge in [-0.3, -0.25) is 0 Å². The maximum atomic E-state index is 8.51. The monoisotopic (exact) mass is 190 g/mol. The molecule has 2 N–H and O–H groups in total.